The van der Waals surface area contributed by atoms with Crippen LogP contribution in [0.2, 0.25) is 0 Å². The average Bonchev–Trinajstić information content (AvgIpc) is 3.57. The second-order valence-corrected chi connectivity index (χ2v) is 15.4. The van der Waals surface area contributed by atoms with E-state index in [9.17, 15) is 0 Å². The Kier molecular flexibility index (Phi) is 7.99. The van der Waals surface area contributed by atoms with E-state index in [0.717, 1.165) is 61.7 Å². The van der Waals surface area contributed by atoms with Crippen LogP contribution in [-0.4, -0.2) is 19.9 Å². The smallest absolute Gasteiger partial charge is 0.163 e. The molecule has 3 heterocycles. The van der Waals surface area contributed by atoms with Crippen LogP contribution in [0.4, 0.5) is 0 Å². The van der Waals surface area contributed by atoms with Gasteiger partial charge in [-0.2, -0.15) is 0 Å². The lowest BCUT2D eigenvalue weighted by molar-refractivity contribution is 0.436. The van der Waals surface area contributed by atoms with E-state index < -0.39 is 5.41 Å². The number of hydrogen-bond acceptors (Lipinski definition) is 5. The molecule has 2 aliphatic rings. The van der Waals surface area contributed by atoms with Crippen molar-refractivity contribution in [2.24, 2.45) is 0 Å². The topological polar surface area (TPSA) is 60.8 Å². The van der Waals surface area contributed by atoms with Gasteiger partial charge in [0.15, 0.2) is 11.6 Å². The van der Waals surface area contributed by atoms with E-state index in [4.69, 9.17) is 24.7 Å². The Balaban J connectivity index is 1.09. The van der Waals surface area contributed by atoms with Crippen LogP contribution in [0.1, 0.15) is 39.2 Å². The lowest BCUT2D eigenvalue weighted by atomic mass is 9.65. The number of hydrogen-bond donors (Lipinski definition) is 0. The van der Waals surface area contributed by atoms with Gasteiger partial charge in [0, 0.05) is 39.6 Å². The molecule has 5 nitrogen and oxygen atoms in total. The lowest BCUT2D eigenvalue weighted by Gasteiger charge is -2.39. The number of rotatable bonds is 5. The molecule has 5 heteroatoms. The summed E-state index contributed by atoms with van der Waals surface area (Å²) in [5, 5.41) is 0. The van der Waals surface area contributed by atoms with Crippen molar-refractivity contribution in [2.45, 2.75) is 26.2 Å². The van der Waals surface area contributed by atoms with Crippen LogP contribution in [0.25, 0.3) is 67.4 Å². The molecule has 0 bridgehead atoms. The van der Waals surface area contributed by atoms with Gasteiger partial charge in [-0.05, 0) is 89.0 Å². The Morgan fingerprint density at radius 1 is 0.390 bits per heavy atom. The largest absolute Gasteiger partial charge is 0.457 e. The molecule has 1 unspecified atom stereocenters. The van der Waals surface area contributed by atoms with Crippen molar-refractivity contribution in [1.82, 2.24) is 19.9 Å². The molecule has 1 aliphatic heterocycles. The lowest BCUT2D eigenvalue weighted by Crippen LogP contribution is -2.32. The van der Waals surface area contributed by atoms with Gasteiger partial charge in [-0.25, -0.2) is 15.0 Å². The van der Waals surface area contributed by atoms with Gasteiger partial charge in [0.05, 0.1) is 11.1 Å². The number of aromatic nitrogens is 4. The minimum Gasteiger partial charge on any atom is -0.457 e. The second-order valence-electron chi connectivity index (χ2n) is 15.4. The molecule has 0 saturated carbocycles. The molecule has 9 aromatic rings. The zero-order valence-electron chi connectivity index (χ0n) is 32.9. The average molecular weight is 759 g/mol. The maximum atomic E-state index is 6.96. The van der Waals surface area contributed by atoms with Crippen LogP contribution in [0, 0.1) is 20.8 Å². The fourth-order valence-electron chi connectivity index (χ4n) is 9.36. The van der Waals surface area contributed by atoms with Crippen LogP contribution in [0.15, 0.2) is 176 Å². The fourth-order valence-corrected chi connectivity index (χ4v) is 9.36. The molecule has 11 rings (SSSR count). The van der Waals surface area contributed by atoms with Crippen LogP contribution in [0.3, 0.4) is 0 Å². The van der Waals surface area contributed by atoms with E-state index in [1.54, 1.807) is 0 Å². The number of benzene rings is 7. The van der Waals surface area contributed by atoms with Crippen LogP contribution >= 0.6 is 0 Å². The van der Waals surface area contributed by atoms with E-state index in [0.29, 0.717) is 17.5 Å². The highest BCUT2D eigenvalue weighted by atomic mass is 16.5. The molecule has 280 valence electrons. The van der Waals surface area contributed by atoms with Gasteiger partial charge in [0.25, 0.3) is 0 Å². The highest BCUT2D eigenvalue weighted by Crippen LogP contribution is 2.62. The first kappa shape index (κ1) is 34.7. The third-order valence-electron chi connectivity index (χ3n) is 12.2. The standard InChI is InChI=1S/C54H38N4O/c1-33-34(2)51(55-32-44(33)36-16-6-4-7-17-36)43-22-11-10-20-40(43)38-27-29-47-50(31-38)59-49-25-15-14-24-46(49)54(47)45-23-13-12-21-41(45)42-28-26-39(30-48(42)54)53-57-35(3)56-52(58-53)37-18-8-5-9-19-37/h4-32H,1-3H3. The van der Waals surface area contributed by atoms with Gasteiger partial charge in [-0.3, -0.25) is 4.98 Å². The summed E-state index contributed by atoms with van der Waals surface area (Å²) < 4.78 is 6.96. The summed E-state index contributed by atoms with van der Waals surface area (Å²) in [6.45, 7) is 6.31. The third kappa shape index (κ3) is 5.39. The van der Waals surface area contributed by atoms with Crippen LogP contribution < -0.4 is 4.74 Å². The molecule has 2 aromatic heterocycles. The van der Waals surface area contributed by atoms with E-state index in [1.807, 2.05) is 49.5 Å². The van der Waals surface area contributed by atoms with Gasteiger partial charge in [-0.1, -0.05) is 152 Å². The summed E-state index contributed by atoms with van der Waals surface area (Å²) in [6.07, 6.45) is 2.02. The molecule has 1 spiro atoms. The Morgan fingerprint density at radius 2 is 0.983 bits per heavy atom. The van der Waals surface area contributed by atoms with Crippen molar-refractivity contribution >= 4 is 0 Å². The van der Waals surface area contributed by atoms with Crippen molar-refractivity contribution in [3.8, 4) is 78.9 Å². The van der Waals surface area contributed by atoms with Crippen molar-refractivity contribution in [3.05, 3.63) is 215 Å². The quantitative estimate of drug-likeness (QED) is 0.175. The van der Waals surface area contributed by atoms with Crippen molar-refractivity contribution in [1.29, 1.82) is 0 Å². The van der Waals surface area contributed by atoms with Crippen LogP contribution in [0.5, 0.6) is 11.5 Å². The summed E-state index contributed by atoms with van der Waals surface area (Å²) in [5.74, 6) is 3.65. The highest BCUT2D eigenvalue weighted by molar-refractivity contribution is 5.91. The van der Waals surface area contributed by atoms with E-state index in [2.05, 4.69) is 147 Å². The predicted octanol–water partition coefficient (Wildman–Crippen LogP) is 13.0. The minimum absolute atomic E-state index is 0.647. The third-order valence-corrected chi connectivity index (χ3v) is 12.2. The number of pyridine rings is 1. The molecular formula is C54H38N4O. The van der Waals surface area contributed by atoms with Gasteiger partial charge in [0.1, 0.15) is 17.3 Å². The zero-order chi connectivity index (χ0) is 39.7. The maximum Gasteiger partial charge on any atom is 0.163 e. The van der Waals surface area contributed by atoms with Gasteiger partial charge in [-0.15, -0.1) is 0 Å². The Labute approximate surface area is 343 Å². The molecule has 0 N–H and O–H groups in total. The summed E-state index contributed by atoms with van der Waals surface area (Å²) in [5.41, 5.74) is 17.2. The highest BCUT2D eigenvalue weighted by Gasteiger charge is 2.51. The Bertz CT molecular complexity index is 3120. The Morgan fingerprint density at radius 3 is 1.76 bits per heavy atom. The normalized spacial score (nSPS) is 14.6. The summed E-state index contributed by atoms with van der Waals surface area (Å²) in [4.78, 5) is 19.7. The zero-order valence-corrected chi connectivity index (χ0v) is 32.9. The monoisotopic (exact) mass is 758 g/mol. The molecule has 1 aliphatic carbocycles. The molecule has 7 aromatic carbocycles. The predicted molar refractivity (Wildman–Crippen MR) is 236 cm³/mol. The summed E-state index contributed by atoms with van der Waals surface area (Å²) in [7, 11) is 0. The number of fused-ring (bicyclic) bond motifs is 9. The fraction of sp³-hybridized carbons (Fsp3) is 0.0741. The molecule has 59 heavy (non-hydrogen) atoms. The SMILES string of the molecule is Cc1nc(-c2ccccc2)nc(-c2ccc3c(c2)C2(c4ccccc4Oc4cc(-c5ccccc5-c5ncc(-c6ccccc6)c(C)c5C)ccc42)c2ccccc2-3)n1. The molecule has 0 saturated heterocycles. The number of para-hydroxylation sites is 1. The van der Waals surface area contributed by atoms with E-state index in [1.165, 1.54) is 38.9 Å². The number of aryl methyl sites for hydroxylation is 1. The van der Waals surface area contributed by atoms with Crippen molar-refractivity contribution in [2.75, 3.05) is 0 Å². The number of ether oxygens (including phenoxy) is 1. The van der Waals surface area contributed by atoms with Crippen molar-refractivity contribution in [3.63, 3.8) is 0 Å². The molecule has 0 fully saturated rings. The molecule has 0 radical (unpaired) electrons. The first-order chi connectivity index (χ1) is 29.0. The van der Waals surface area contributed by atoms with Crippen molar-refractivity contribution < 1.29 is 4.74 Å². The van der Waals surface area contributed by atoms with E-state index in [-0.39, 0.29) is 0 Å². The number of nitrogens with zero attached hydrogens (tertiary/aromatic N) is 4. The van der Waals surface area contributed by atoms with Gasteiger partial charge in [0.2, 0.25) is 0 Å². The summed E-state index contributed by atoms with van der Waals surface area (Å²) >= 11 is 0. The first-order valence-electron chi connectivity index (χ1n) is 20.0. The first-order valence-corrected chi connectivity index (χ1v) is 20.0. The Hall–Kier alpha value is -7.50. The molecular weight excluding hydrogens is 721 g/mol. The maximum absolute atomic E-state index is 6.96. The van der Waals surface area contributed by atoms with Gasteiger partial charge < -0.3 is 4.74 Å². The second kappa shape index (κ2) is 13.6. The van der Waals surface area contributed by atoms with Gasteiger partial charge >= 0.3 is 0 Å². The minimum atomic E-state index is -0.656. The summed E-state index contributed by atoms with van der Waals surface area (Å²) in [6, 6.07) is 59.9. The molecule has 0 amide bonds. The molecule has 1 atom stereocenters. The van der Waals surface area contributed by atoms with E-state index >= 15 is 0 Å². The van der Waals surface area contributed by atoms with Crippen LogP contribution in [-0.2, 0) is 5.41 Å².